The fourth-order valence-corrected chi connectivity index (χ4v) is 3.51. The maximum Gasteiger partial charge on any atom is 0.416 e. The highest BCUT2D eigenvalue weighted by atomic mass is 35.5. The van der Waals surface area contributed by atoms with Gasteiger partial charge in [0, 0.05) is 4.88 Å². The number of alkyl halides is 3. The Morgan fingerprint density at radius 2 is 1.95 bits per heavy atom. The lowest BCUT2D eigenvalue weighted by molar-refractivity contribution is -0.138. The Bertz CT molecular complexity index is 602. The van der Waals surface area contributed by atoms with Gasteiger partial charge < -0.3 is 5.32 Å². The van der Waals surface area contributed by atoms with Gasteiger partial charge in [-0.3, -0.25) is 0 Å². The average molecular weight is 334 g/mol. The van der Waals surface area contributed by atoms with Gasteiger partial charge in [-0.05, 0) is 36.7 Å². The SMILES string of the molecule is CCNC(c1cc(C)c(Cl)s1)c1ccccc1C(F)(F)F. The van der Waals surface area contributed by atoms with Crippen LogP contribution >= 0.6 is 22.9 Å². The number of rotatable bonds is 4. The monoisotopic (exact) mass is 333 g/mol. The number of halogens is 4. The van der Waals surface area contributed by atoms with Crippen LogP contribution in [-0.2, 0) is 6.18 Å². The largest absolute Gasteiger partial charge is 0.416 e. The van der Waals surface area contributed by atoms with Crippen molar-refractivity contribution in [3.05, 3.63) is 56.2 Å². The number of nitrogens with one attached hydrogen (secondary N) is 1. The molecule has 1 N–H and O–H groups in total. The lowest BCUT2D eigenvalue weighted by Gasteiger charge is -2.21. The van der Waals surface area contributed by atoms with E-state index in [2.05, 4.69) is 5.32 Å². The van der Waals surface area contributed by atoms with Crippen molar-refractivity contribution in [2.24, 2.45) is 0 Å². The molecular formula is C15H15ClF3NS. The second-order valence-corrected chi connectivity index (χ2v) is 6.37. The molecule has 0 saturated heterocycles. The minimum Gasteiger partial charge on any atom is -0.306 e. The average Bonchev–Trinajstić information content (AvgIpc) is 2.75. The molecule has 0 saturated carbocycles. The molecule has 1 heterocycles. The number of hydrogen-bond acceptors (Lipinski definition) is 2. The predicted octanol–water partition coefficient (Wildman–Crippen LogP) is 5.43. The van der Waals surface area contributed by atoms with E-state index in [4.69, 9.17) is 11.6 Å². The maximum absolute atomic E-state index is 13.2. The maximum atomic E-state index is 13.2. The van der Waals surface area contributed by atoms with Crippen LogP contribution in [0.2, 0.25) is 4.34 Å². The van der Waals surface area contributed by atoms with Gasteiger partial charge in [-0.1, -0.05) is 36.7 Å². The molecule has 6 heteroatoms. The first-order valence-electron chi connectivity index (χ1n) is 6.50. The first kappa shape index (κ1) is 16.3. The van der Waals surface area contributed by atoms with Crippen LogP contribution in [0.5, 0.6) is 0 Å². The van der Waals surface area contributed by atoms with Gasteiger partial charge in [0.05, 0.1) is 15.9 Å². The van der Waals surface area contributed by atoms with Crippen molar-refractivity contribution in [1.29, 1.82) is 0 Å². The summed E-state index contributed by atoms with van der Waals surface area (Å²) in [5.74, 6) is 0. The highest BCUT2D eigenvalue weighted by molar-refractivity contribution is 7.16. The van der Waals surface area contributed by atoms with Crippen LogP contribution in [0, 0.1) is 6.92 Å². The molecule has 0 bridgehead atoms. The summed E-state index contributed by atoms with van der Waals surface area (Å²) < 4.78 is 40.2. The predicted molar refractivity (Wildman–Crippen MR) is 81.0 cm³/mol. The zero-order valence-electron chi connectivity index (χ0n) is 11.6. The number of thiophene rings is 1. The summed E-state index contributed by atoms with van der Waals surface area (Å²) in [7, 11) is 0. The molecular weight excluding hydrogens is 319 g/mol. The van der Waals surface area contributed by atoms with Crippen molar-refractivity contribution in [3.63, 3.8) is 0 Å². The van der Waals surface area contributed by atoms with E-state index in [1.165, 1.54) is 23.5 Å². The smallest absolute Gasteiger partial charge is 0.306 e. The Morgan fingerprint density at radius 3 is 2.48 bits per heavy atom. The highest BCUT2D eigenvalue weighted by Gasteiger charge is 2.35. The Hall–Kier alpha value is -1.04. The third-order valence-corrected chi connectivity index (χ3v) is 4.77. The first-order valence-corrected chi connectivity index (χ1v) is 7.69. The molecule has 21 heavy (non-hydrogen) atoms. The van der Waals surface area contributed by atoms with Crippen LogP contribution in [-0.4, -0.2) is 6.54 Å². The van der Waals surface area contributed by atoms with Gasteiger partial charge in [0.2, 0.25) is 0 Å². The van der Waals surface area contributed by atoms with E-state index in [0.29, 0.717) is 10.9 Å². The summed E-state index contributed by atoms with van der Waals surface area (Å²) in [6, 6.07) is 6.98. The fourth-order valence-electron chi connectivity index (χ4n) is 2.20. The van der Waals surface area contributed by atoms with Crippen molar-refractivity contribution in [2.45, 2.75) is 26.1 Å². The molecule has 2 rings (SSSR count). The summed E-state index contributed by atoms with van der Waals surface area (Å²) in [6.07, 6.45) is -4.37. The molecule has 0 aliphatic rings. The molecule has 0 radical (unpaired) electrons. The van der Waals surface area contributed by atoms with Gasteiger partial charge in [-0.25, -0.2) is 0 Å². The van der Waals surface area contributed by atoms with Crippen LogP contribution < -0.4 is 5.32 Å². The van der Waals surface area contributed by atoms with E-state index in [-0.39, 0.29) is 5.56 Å². The summed E-state index contributed by atoms with van der Waals surface area (Å²) in [4.78, 5) is 0.788. The highest BCUT2D eigenvalue weighted by Crippen LogP contribution is 2.39. The van der Waals surface area contributed by atoms with E-state index in [1.807, 2.05) is 19.9 Å². The van der Waals surface area contributed by atoms with Crippen molar-refractivity contribution < 1.29 is 13.2 Å². The zero-order chi connectivity index (χ0) is 15.6. The quantitative estimate of drug-likeness (QED) is 0.787. The van der Waals surface area contributed by atoms with Gasteiger partial charge in [0.25, 0.3) is 0 Å². The molecule has 0 spiro atoms. The van der Waals surface area contributed by atoms with Crippen molar-refractivity contribution >= 4 is 22.9 Å². The van der Waals surface area contributed by atoms with Gasteiger partial charge >= 0.3 is 6.18 Å². The topological polar surface area (TPSA) is 12.0 Å². The van der Waals surface area contributed by atoms with Crippen molar-refractivity contribution in [1.82, 2.24) is 5.32 Å². The van der Waals surface area contributed by atoms with E-state index >= 15 is 0 Å². The summed E-state index contributed by atoms with van der Waals surface area (Å²) >= 11 is 7.37. The molecule has 0 aliphatic heterocycles. The van der Waals surface area contributed by atoms with Gasteiger partial charge in [-0.2, -0.15) is 13.2 Å². The molecule has 2 aromatic rings. The Morgan fingerprint density at radius 1 is 1.29 bits per heavy atom. The summed E-state index contributed by atoms with van der Waals surface area (Å²) in [5.41, 5.74) is 0.493. The van der Waals surface area contributed by atoms with Crippen LogP contribution in [0.4, 0.5) is 13.2 Å². The van der Waals surface area contributed by atoms with E-state index in [1.54, 1.807) is 6.07 Å². The van der Waals surface area contributed by atoms with Gasteiger partial charge in [0.15, 0.2) is 0 Å². The standard InChI is InChI=1S/C15H15ClF3NS/c1-3-20-13(12-8-9(2)14(16)21-12)10-6-4-5-7-11(10)15(17,18)19/h4-8,13,20H,3H2,1-2H3. The van der Waals surface area contributed by atoms with E-state index < -0.39 is 17.8 Å². The van der Waals surface area contributed by atoms with Crippen molar-refractivity contribution in [2.75, 3.05) is 6.54 Å². The van der Waals surface area contributed by atoms with E-state index in [9.17, 15) is 13.2 Å². The molecule has 0 fully saturated rings. The van der Waals surface area contributed by atoms with Crippen LogP contribution in [0.25, 0.3) is 0 Å². The van der Waals surface area contributed by atoms with Crippen molar-refractivity contribution in [3.8, 4) is 0 Å². The molecule has 0 amide bonds. The Balaban J connectivity index is 2.53. The second kappa shape index (κ2) is 6.38. The number of benzene rings is 1. The molecule has 1 aromatic heterocycles. The second-order valence-electron chi connectivity index (χ2n) is 4.68. The number of hydrogen-bond donors (Lipinski definition) is 1. The molecule has 1 atom stereocenters. The summed E-state index contributed by atoms with van der Waals surface area (Å²) in [5, 5.41) is 3.12. The molecule has 1 aromatic carbocycles. The molecule has 114 valence electrons. The Kier molecular flexibility index (Phi) is 4.96. The molecule has 1 unspecified atom stereocenters. The third-order valence-electron chi connectivity index (χ3n) is 3.15. The zero-order valence-corrected chi connectivity index (χ0v) is 13.2. The molecule has 0 aliphatic carbocycles. The van der Waals surface area contributed by atoms with Gasteiger partial charge in [-0.15, -0.1) is 11.3 Å². The van der Waals surface area contributed by atoms with Gasteiger partial charge in [0.1, 0.15) is 0 Å². The first-order chi connectivity index (χ1) is 9.84. The summed E-state index contributed by atoms with van der Waals surface area (Å²) in [6.45, 7) is 4.28. The van der Waals surface area contributed by atoms with Crippen LogP contribution in [0.15, 0.2) is 30.3 Å². The minimum absolute atomic E-state index is 0.227. The van der Waals surface area contributed by atoms with Crippen LogP contribution in [0.3, 0.4) is 0 Å². The Labute approximate surface area is 130 Å². The van der Waals surface area contributed by atoms with E-state index in [0.717, 1.165) is 16.5 Å². The number of aryl methyl sites for hydroxylation is 1. The fraction of sp³-hybridized carbons (Fsp3) is 0.333. The lowest BCUT2D eigenvalue weighted by Crippen LogP contribution is -2.24. The lowest BCUT2D eigenvalue weighted by atomic mass is 9.98. The minimum atomic E-state index is -4.37. The molecule has 1 nitrogen and oxygen atoms in total. The van der Waals surface area contributed by atoms with Crippen LogP contribution in [0.1, 0.15) is 34.5 Å². The third kappa shape index (κ3) is 3.59. The normalized spacial score (nSPS) is 13.4.